The molecule has 1 unspecified atom stereocenters. The Balaban J connectivity index is 1.73. The standard InChI is InChI=1S/C25H21ClF3N3O5/c26-17-3-1-2-15(8-17)10-31-12-18-19(13-31)32(11-14-4-6-16(7-5-14)25(27,28)29)24(37)21(22(18)35)23(36)30-9-20(33)34/h1-8,35H,9-13H2,(H,30,36)(H,33,34)/p+1. The molecule has 4 rings (SSSR count). The number of carboxylic acid groups (broad SMARTS) is 1. The molecule has 1 aromatic heterocycles. The zero-order valence-corrected chi connectivity index (χ0v) is 20.0. The minimum atomic E-state index is -4.52. The summed E-state index contributed by atoms with van der Waals surface area (Å²) in [6.07, 6.45) is -4.52. The van der Waals surface area contributed by atoms with Gasteiger partial charge in [-0.15, -0.1) is 0 Å². The van der Waals surface area contributed by atoms with Crippen LogP contribution in [0.15, 0.2) is 53.3 Å². The number of benzene rings is 2. The molecule has 0 aliphatic carbocycles. The van der Waals surface area contributed by atoms with Gasteiger partial charge in [0.15, 0.2) is 0 Å². The van der Waals surface area contributed by atoms with Crippen molar-refractivity contribution in [1.82, 2.24) is 9.88 Å². The van der Waals surface area contributed by atoms with Gasteiger partial charge in [-0.2, -0.15) is 13.2 Å². The zero-order valence-electron chi connectivity index (χ0n) is 19.2. The third-order valence-corrected chi connectivity index (χ3v) is 6.33. The van der Waals surface area contributed by atoms with Crippen LogP contribution in [0.25, 0.3) is 0 Å². The van der Waals surface area contributed by atoms with Gasteiger partial charge in [0.2, 0.25) is 0 Å². The van der Waals surface area contributed by atoms with Gasteiger partial charge in [0, 0.05) is 10.6 Å². The number of rotatable bonds is 7. The first-order chi connectivity index (χ1) is 17.4. The molecule has 3 aromatic rings. The predicted molar refractivity (Wildman–Crippen MR) is 126 cm³/mol. The topological polar surface area (TPSA) is 113 Å². The Kier molecular flexibility index (Phi) is 7.28. The lowest BCUT2D eigenvalue weighted by atomic mass is 10.1. The molecule has 12 heteroatoms. The highest BCUT2D eigenvalue weighted by atomic mass is 35.5. The van der Waals surface area contributed by atoms with Crippen molar-refractivity contribution in [2.75, 3.05) is 6.54 Å². The maximum atomic E-state index is 13.4. The highest BCUT2D eigenvalue weighted by Gasteiger charge is 2.35. The molecule has 1 aliphatic heterocycles. The van der Waals surface area contributed by atoms with E-state index < -0.39 is 47.0 Å². The normalized spacial score (nSPS) is 14.9. The molecular weight excluding hydrogens is 515 g/mol. The Morgan fingerprint density at radius 3 is 2.41 bits per heavy atom. The summed E-state index contributed by atoms with van der Waals surface area (Å²) in [6.45, 7) is 0.120. The molecule has 0 saturated carbocycles. The Morgan fingerprint density at radius 1 is 1.08 bits per heavy atom. The summed E-state index contributed by atoms with van der Waals surface area (Å²) in [5.41, 5.74) is -0.267. The number of fused-ring (bicyclic) bond motifs is 1. The average molecular weight is 537 g/mol. The van der Waals surface area contributed by atoms with Crippen molar-refractivity contribution < 1.29 is 37.9 Å². The van der Waals surface area contributed by atoms with Gasteiger partial charge in [-0.25, -0.2) is 0 Å². The molecule has 1 amide bonds. The van der Waals surface area contributed by atoms with Crippen LogP contribution in [0.2, 0.25) is 5.02 Å². The number of carbonyl (C=O) groups excluding carboxylic acids is 1. The Hall–Kier alpha value is -3.83. The molecule has 0 spiro atoms. The first-order valence-electron chi connectivity index (χ1n) is 11.2. The van der Waals surface area contributed by atoms with Gasteiger partial charge in [0.25, 0.3) is 11.5 Å². The van der Waals surface area contributed by atoms with E-state index >= 15 is 0 Å². The second-order valence-electron chi connectivity index (χ2n) is 8.72. The quantitative estimate of drug-likeness (QED) is 0.370. The van der Waals surface area contributed by atoms with Gasteiger partial charge < -0.3 is 25.0 Å². The Labute approximate surface area is 213 Å². The van der Waals surface area contributed by atoms with E-state index in [1.165, 1.54) is 16.7 Å². The van der Waals surface area contributed by atoms with E-state index in [-0.39, 0.29) is 13.1 Å². The molecular formula is C25H22ClF3N3O5+. The number of aliphatic carboxylic acids is 1. The second-order valence-corrected chi connectivity index (χ2v) is 9.16. The summed E-state index contributed by atoms with van der Waals surface area (Å²) in [6, 6.07) is 11.5. The molecule has 1 atom stereocenters. The van der Waals surface area contributed by atoms with Crippen LogP contribution in [0, 0.1) is 0 Å². The molecule has 4 N–H and O–H groups in total. The molecule has 0 radical (unpaired) electrons. The van der Waals surface area contributed by atoms with E-state index in [9.17, 15) is 32.7 Å². The van der Waals surface area contributed by atoms with Crippen LogP contribution in [0.1, 0.15) is 38.3 Å². The largest absolute Gasteiger partial charge is 0.506 e. The fraction of sp³-hybridized carbons (Fsp3) is 0.240. The van der Waals surface area contributed by atoms with Gasteiger partial charge in [0.05, 0.1) is 23.4 Å². The van der Waals surface area contributed by atoms with Gasteiger partial charge in [-0.1, -0.05) is 35.9 Å². The maximum absolute atomic E-state index is 13.4. The van der Waals surface area contributed by atoms with Crippen molar-refractivity contribution >= 4 is 23.5 Å². The molecule has 2 heterocycles. The number of nitrogens with one attached hydrogen (secondary N) is 2. The predicted octanol–water partition coefficient (Wildman–Crippen LogP) is 2.19. The molecule has 37 heavy (non-hydrogen) atoms. The molecule has 0 saturated heterocycles. The third-order valence-electron chi connectivity index (χ3n) is 6.09. The number of hydrogen-bond donors (Lipinski definition) is 4. The average Bonchev–Trinajstić information content (AvgIpc) is 3.24. The molecule has 2 aromatic carbocycles. The van der Waals surface area contributed by atoms with E-state index in [0.717, 1.165) is 22.6 Å². The second kappa shape index (κ2) is 10.3. The highest BCUT2D eigenvalue weighted by Crippen LogP contribution is 2.30. The first-order valence-corrected chi connectivity index (χ1v) is 11.5. The van der Waals surface area contributed by atoms with Gasteiger partial charge in [0.1, 0.15) is 37.5 Å². The lowest BCUT2D eigenvalue weighted by molar-refractivity contribution is -0.934. The lowest BCUT2D eigenvalue weighted by Gasteiger charge is -2.15. The van der Waals surface area contributed by atoms with Crippen molar-refractivity contribution in [3.8, 4) is 5.75 Å². The maximum Gasteiger partial charge on any atom is 0.416 e. The fourth-order valence-electron chi connectivity index (χ4n) is 4.40. The van der Waals surface area contributed by atoms with Crippen molar-refractivity contribution in [2.24, 2.45) is 0 Å². The van der Waals surface area contributed by atoms with Crippen molar-refractivity contribution in [2.45, 2.75) is 32.4 Å². The first kappa shape index (κ1) is 26.2. The number of aromatic hydroxyl groups is 1. The number of nitrogens with zero attached hydrogens (tertiary/aromatic N) is 1. The summed E-state index contributed by atoms with van der Waals surface area (Å²) in [5, 5.41) is 22.4. The molecule has 194 valence electrons. The molecule has 0 bridgehead atoms. The van der Waals surface area contributed by atoms with Gasteiger partial charge in [-0.3, -0.25) is 14.4 Å². The summed E-state index contributed by atoms with van der Waals surface area (Å²) in [5.74, 6) is -2.93. The monoisotopic (exact) mass is 536 g/mol. The molecule has 0 fully saturated rings. The summed E-state index contributed by atoms with van der Waals surface area (Å²) in [7, 11) is 0. The number of carbonyl (C=O) groups is 2. The number of pyridine rings is 1. The SMILES string of the molecule is O=C(O)CNC(=O)c1c(O)c2c(n(Cc3ccc(C(F)(F)F)cc3)c1=O)C[NH+](Cc1cccc(Cl)c1)C2. The van der Waals surface area contributed by atoms with E-state index in [1.54, 1.807) is 18.2 Å². The van der Waals surface area contributed by atoms with E-state index in [2.05, 4.69) is 5.32 Å². The van der Waals surface area contributed by atoms with Crippen LogP contribution in [0.5, 0.6) is 5.75 Å². The Morgan fingerprint density at radius 2 is 1.78 bits per heavy atom. The fourth-order valence-corrected chi connectivity index (χ4v) is 4.62. The van der Waals surface area contributed by atoms with Crippen LogP contribution in [0.4, 0.5) is 13.2 Å². The van der Waals surface area contributed by atoms with Gasteiger partial charge in [-0.05, 0) is 29.8 Å². The number of alkyl halides is 3. The van der Waals surface area contributed by atoms with Crippen LogP contribution >= 0.6 is 11.6 Å². The summed E-state index contributed by atoms with van der Waals surface area (Å²) in [4.78, 5) is 37.8. The van der Waals surface area contributed by atoms with E-state index in [4.69, 9.17) is 16.7 Å². The molecule has 8 nitrogen and oxygen atoms in total. The summed E-state index contributed by atoms with van der Waals surface area (Å²) < 4.78 is 40.2. The number of aromatic nitrogens is 1. The third kappa shape index (κ3) is 5.78. The highest BCUT2D eigenvalue weighted by molar-refractivity contribution is 6.30. The number of amides is 1. The van der Waals surface area contributed by atoms with E-state index in [0.29, 0.717) is 34.9 Å². The van der Waals surface area contributed by atoms with Gasteiger partial charge >= 0.3 is 12.1 Å². The minimum absolute atomic E-state index is 0.150. The van der Waals surface area contributed by atoms with Crippen LogP contribution in [0.3, 0.4) is 0 Å². The number of hydrogen-bond acceptors (Lipinski definition) is 4. The smallest absolute Gasteiger partial charge is 0.416 e. The van der Waals surface area contributed by atoms with Crippen LogP contribution in [-0.4, -0.2) is 33.2 Å². The number of quaternary nitrogens is 1. The van der Waals surface area contributed by atoms with Crippen LogP contribution < -0.4 is 15.8 Å². The zero-order chi connectivity index (χ0) is 26.9. The lowest BCUT2D eigenvalue weighted by Crippen LogP contribution is -3.06. The van der Waals surface area contributed by atoms with E-state index in [1.807, 2.05) is 6.07 Å². The minimum Gasteiger partial charge on any atom is -0.506 e. The number of carboxylic acids is 1. The summed E-state index contributed by atoms with van der Waals surface area (Å²) >= 11 is 6.08. The Bertz CT molecular complexity index is 1420. The van der Waals surface area contributed by atoms with Crippen molar-refractivity contribution in [1.29, 1.82) is 0 Å². The molecule has 1 aliphatic rings. The van der Waals surface area contributed by atoms with Crippen molar-refractivity contribution in [3.05, 3.63) is 97.4 Å². The van der Waals surface area contributed by atoms with Crippen LogP contribution in [-0.2, 0) is 37.1 Å². The van der Waals surface area contributed by atoms with Crippen molar-refractivity contribution in [3.63, 3.8) is 0 Å². The number of halogens is 4.